The van der Waals surface area contributed by atoms with Crippen molar-refractivity contribution < 1.29 is 4.74 Å². The Hall–Kier alpha value is -3.21. The van der Waals surface area contributed by atoms with Crippen LogP contribution in [0.3, 0.4) is 0 Å². The highest BCUT2D eigenvalue weighted by Crippen LogP contribution is 2.34. The molecule has 0 aliphatic carbocycles. The van der Waals surface area contributed by atoms with Crippen molar-refractivity contribution >= 4 is 33.4 Å². The van der Waals surface area contributed by atoms with Gasteiger partial charge in [0.25, 0.3) is 0 Å². The first-order chi connectivity index (χ1) is 11.8. The van der Waals surface area contributed by atoms with Crippen LogP contribution in [0, 0.1) is 0 Å². The number of benzene rings is 3. The molecule has 0 N–H and O–H groups in total. The second kappa shape index (κ2) is 5.77. The van der Waals surface area contributed by atoms with Gasteiger partial charge in [-0.2, -0.15) is 0 Å². The van der Waals surface area contributed by atoms with Crippen molar-refractivity contribution in [1.82, 2.24) is 9.55 Å². The van der Waals surface area contributed by atoms with Crippen molar-refractivity contribution in [3.63, 3.8) is 0 Å². The molecular weight excluding hydrogens is 300 g/mol. The van der Waals surface area contributed by atoms with Gasteiger partial charge in [-0.25, -0.2) is 4.98 Å². The molecule has 0 saturated heterocycles. The summed E-state index contributed by atoms with van der Waals surface area (Å²) >= 11 is 0. The van der Waals surface area contributed by atoms with Crippen LogP contribution in [0.2, 0.25) is 0 Å². The summed E-state index contributed by atoms with van der Waals surface area (Å²) in [5.41, 5.74) is 2.73. The molecule has 24 heavy (non-hydrogen) atoms. The van der Waals surface area contributed by atoms with E-state index in [0.717, 1.165) is 33.2 Å². The number of nitrogens with zero attached hydrogens (tertiary/aromatic N) is 4. The van der Waals surface area contributed by atoms with Crippen molar-refractivity contribution in [3.05, 3.63) is 60.7 Å². The van der Waals surface area contributed by atoms with Crippen LogP contribution >= 0.6 is 0 Å². The van der Waals surface area contributed by atoms with Crippen LogP contribution in [0.5, 0.6) is 5.75 Å². The number of hydrogen-bond donors (Lipinski definition) is 0. The zero-order valence-electron chi connectivity index (χ0n) is 13.5. The van der Waals surface area contributed by atoms with Gasteiger partial charge >= 0.3 is 0 Å². The number of para-hydroxylation sites is 2. The maximum atomic E-state index is 5.42. The molecule has 5 nitrogen and oxygen atoms in total. The van der Waals surface area contributed by atoms with E-state index in [9.17, 15) is 0 Å². The van der Waals surface area contributed by atoms with Gasteiger partial charge in [-0.3, -0.25) is 0 Å². The summed E-state index contributed by atoms with van der Waals surface area (Å²) in [6.07, 6.45) is 0. The summed E-state index contributed by atoms with van der Waals surface area (Å²) in [7, 11) is 3.61. The van der Waals surface area contributed by atoms with E-state index in [2.05, 4.69) is 15.2 Å². The van der Waals surface area contributed by atoms with Gasteiger partial charge in [0.2, 0.25) is 5.95 Å². The van der Waals surface area contributed by atoms with Crippen molar-refractivity contribution in [3.8, 4) is 5.75 Å². The van der Waals surface area contributed by atoms with E-state index >= 15 is 0 Å². The lowest BCUT2D eigenvalue weighted by Gasteiger charge is -2.06. The Morgan fingerprint density at radius 1 is 0.875 bits per heavy atom. The average molecular weight is 316 g/mol. The maximum absolute atomic E-state index is 5.42. The molecule has 0 aliphatic heterocycles. The van der Waals surface area contributed by atoms with E-state index < -0.39 is 0 Å². The molecule has 0 amide bonds. The zero-order valence-corrected chi connectivity index (χ0v) is 13.5. The lowest BCUT2D eigenvalue weighted by molar-refractivity contribution is 0.420. The average Bonchev–Trinajstić information content (AvgIpc) is 2.96. The molecule has 1 heterocycles. The number of azo groups is 1. The lowest BCUT2D eigenvalue weighted by atomic mass is 10.1. The predicted octanol–water partition coefficient (Wildman–Crippen LogP) is 5.15. The third-order valence-corrected chi connectivity index (χ3v) is 4.09. The minimum absolute atomic E-state index is 0.580. The Morgan fingerprint density at radius 2 is 1.62 bits per heavy atom. The molecule has 0 spiro atoms. The summed E-state index contributed by atoms with van der Waals surface area (Å²) in [5, 5.41) is 10.8. The molecule has 0 atom stereocenters. The van der Waals surface area contributed by atoms with Crippen molar-refractivity contribution in [1.29, 1.82) is 0 Å². The van der Waals surface area contributed by atoms with Crippen LogP contribution in [0.25, 0.3) is 21.8 Å². The summed E-state index contributed by atoms with van der Waals surface area (Å²) in [5.74, 6) is 1.41. The van der Waals surface area contributed by atoms with Crippen molar-refractivity contribution in [2.75, 3.05) is 7.11 Å². The largest absolute Gasteiger partial charge is 0.496 e. The minimum Gasteiger partial charge on any atom is -0.496 e. The highest BCUT2D eigenvalue weighted by atomic mass is 16.5. The summed E-state index contributed by atoms with van der Waals surface area (Å²) in [4.78, 5) is 4.52. The predicted molar refractivity (Wildman–Crippen MR) is 95.4 cm³/mol. The fourth-order valence-corrected chi connectivity index (χ4v) is 2.84. The molecule has 4 rings (SSSR count). The Labute approximate surface area is 139 Å². The van der Waals surface area contributed by atoms with Crippen LogP contribution in [-0.4, -0.2) is 16.7 Å². The monoisotopic (exact) mass is 316 g/mol. The number of hydrogen-bond acceptors (Lipinski definition) is 4. The Morgan fingerprint density at radius 3 is 2.42 bits per heavy atom. The fraction of sp³-hybridized carbons (Fsp3) is 0.105. The number of ether oxygens (including phenoxy) is 1. The molecule has 118 valence electrons. The van der Waals surface area contributed by atoms with Crippen LogP contribution in [0.4, 0.5) is 11.6 Å². The molecule has 1 aromatic heterocycles. The highest BCUT2D eigenvalue weighted by molar-refractivity contribution is 5.96. The van der Waals surface area contributed by atoms with Crippen LogP contribution in [-0.2, 0) is 7.05 Å². The molecule has 0 radical (unpaired) electrons. The molecule has 0 saturated carbocycles. The number of imidazole rings is 1. The van der Waals surface area contributed by atoms with E-state index in [1.807, 2.05) is 72.3 Å². The molecule has 0 fully saturated rings. The SMILES string of the molecule is COc1ccc(/N=N/c2nc3ccccc3n2C)c2ccccc12. The third-order valence-electron chi connectivity index (χ3n) is 4.09. The minimum atomic E-state index is 0.580. The number of aryl methyl sites for hydroxylation is 1. The van der Waals surface area contributed by atoms with Gasteiger partial charge in [0.05, 0.1) is 23.8 Å². The third kappa shape index (κ3) is 2.31. The van der Waals surface area contributed by atoms with Gasteiger partial charge in [0, 0.05) is 17.8 Å². The standard InChI is InChI=1S/C19H16N4O/c1-23-17-10-6-5-9-16(17)20-19(23)22-21-15-11-12-18(24-2)14-8-4-3-7-13(14)15/h3-12H,1-2H3/b22-21+. The smallest absolute Gasteiger partial charge is 0.250 e. The fourth-order valence-electron chi connectivity index (χ4n) is 2.84. The Kier molecular flexibility index (Phi) is 3.46. The van der Waals surface area contributed by atoms with E-state index in [1.165, 1.54) is 0 Å². The van der Waals surface area contributed by atoms with E-state index in [-0.39, 0.29) is 0 Å². The molecule has 5 heteroatoms. The molecule has 0 bridgehead atoms. The van der Waals surface area contributed by atoms with Gasteiger partial charge in [0.15, 0.2) is 0 Å². The lowest BCUT2D eigenvalue weighted by Crippen LogP contribution is -1.86. The van der Waals surface area contributed by atoms with Crippen LogP contribution < -0.4 is 4.74 Å². The Balaban J connectivity index is 1.81. The normalized spacial score (nSPS) is 11.6. The number of fused-ring (bicyclic) bond motifs is 2. The first-order valence-corrected chi connectivity index (χ1v) is 7.67. The van der Waals surface area contributed by atoms with Gasteiger partial charge < -0.3 is 9.30 Å². The summed E-state index contributed by atoms with van der Waals surface area (Å²) < 4.78 is 7.35. The van der Waals surface area contributed by atoms with E-state index in [0.29, 0.717) is 5.95 Å². The zero-order chi connectivity index (χ0) is 16.5. The second-order valence-corrected chi connectivity index (χ2v) is 5.49. The number of aromatic nitrogens is 2. The van der Waals surface area contributed by atoms with E-state index in [1.54, 1.807) is 7.11 Å². The van der Waals surface area contributed by atoms with Crippen molar-refractivity contribution in [2.24, 2.45) is 17.3 Å². The van der Waals surface area contributed by atoms with Gasteiger partial charge in [-0.1, -0.05) is 36.4 Å². The molecular formula is C19H16N4O. The number of methoxy groups -OCH3 is 1. The van der Waals surface area contributed by atoms with E-state index in [4.69, 9.17) is 4.74 Å². The molecule has 0 unspecified atom stereocenters. The first kappa shape index (κ1) is 14.4. The quantitative estimate of drug-likeness (QED) is 0.491. The summed E-state index contributed by atoms with van der Waals surface area (Å²) in [6.45, 7) is 0. The van der Waals surface area contributed by atoms with Crippen LogP contribution in [0.1, 0.15) is 0 Å². The first-order valence-electron chi connectivity index (χ1n) is 7.67. The molecule has 3 aromatic carbocycles. The second-order valence-electron chi connectivity index (χ2n) is 5.49. The molecule has 0 aliphatic rings. The Bertz CT molecular complexity index is 1070. The highest BCUT2D eigenvalue weighted by Gasteiger charge is 2.08. The summed E-state index contributed by atoms with van der Waals surface area (Å²) in [6, 6.07) is 19.8. The number of rotatable bonds is 3. The van der Waals surface area contributed by atoms with Gasteiger partial charge in [-0.05, 0) is 24.3 Å². The maximum Gasteiger partial charge on any atom is 0.250 e. The molecule has 4 aromatic rings. The topological polar surface area (TPSA) is 51.8 Å². The van der Waals surface area contributed by atoms with Crippen molar-refractivity contribution in [2.45, 2.75) is 0 Å². The van der Waals surface area contributed by atoms with Crippen LogP contribution in [0.15, 0.2) is 70.9 Å². The van der Waals surface area contributed by atoms with Gasteiger partial charge in [-0.15, -0.1) is 10.2 Å². The van der Waals surface area contributed by atoms with Gasteiger partial charge in [0.1, 0.15) is 5.75 Å².